The molecule has 0 atom stereocenters. The van der Waals surface area contributed by atoms with Gasteiger partial charge in [-0.05, 0) is 57.9 Å². The van der Waals surface area contributed by atoms with E-state index in [1.54, 1.807) is 0 Å². The van der Waals surface area contributed by atoms with Crippen LogP contribution in [0.25, 0.3) is 0 Å². The molecule has 0 amide bonds. The molecule has 1 aliphatic heterocycles. The number of piperazine rings is 1. The van der Waals surface area contributed by atoms with Crippen molar-refractivity contribution in [2.24, 2.45) is 4.99 Å². The van der Waals surface area contributed by atoms with Crippen molar-refractivity contribution >= 4 is 11.6 Å². The molecule has 0 unspecified atom stereocenters. The van der Waals surface area contributed by atoms with Crippen molar-refractivity contribution in [1.82, 2.24) is 25.3 Å². The summed E-state index contributed by atoms with van der Waals surface area (Å²) in [6.45, 7) is 12.7. The van der Waals surface area contributed by atoms with Gasteiger partial charge in [0.05, 0.1) is 5.69 Å². The van der Waals surface area contributed by atoms with E-state index < -0.39 is 0 Å². The lowest BCUT2D eigenvalue weighted by Gasteiger charge is -2.36. The van der Waals surface area contributed by atoms with E-state index in [9.17, 15) is 0 Å². The number of aliphatic imine (C=N–C) groups is 1. The van der Waals surface area contributed by atoms with E-state index in [0.29, 0.717) is 0 Å². The minimum absolute atomic E-state index is 0.893. The predicted octanol–water partition coefficient (Wildman–Crippen LogP) is 2.66. The van der Waals surface area contributed by atoms with Gasteiger partial charge in [0, 0.05) is 64.2 Å². The fourth-order valence-corrected chi connectivity index (χ4v) is 4.09. The number of benzene rings is 1. The van der Waals surface area contributed by atoms with Gasteiger partial charge in [-0.1, -0.05) is 18.2 Å². The molecule has 1 saturated heterocycles. The molecule has 1 fully saturated rings. The molecular formula is C24H39N7. The van der Waals surface area contributed by atoms with Gasteiger partial charge < -0.3 is 15.5 Å². The highest BCUT2D eigenvalue weighted by molar-refractivity contribution is 5.79. The van der Waals surface area contributed by atoms with E-state index in [-0.39, 0.29) is 0 Å². The minimum Gasteiger partial charge on any atom is -0.369 e. The molecule has 1 aromatic carbocycles. The first-order valence-electron chi connectivity index (χ1n) is 11.6. The first-order valence-corrected chi connectivity index (χ1v) is 11.6. The van der Waals surface area contributed by atoms with E-state index in [0.717, 1.165) is 70.3 Å². The Morgan fingerprint density at radius 2 is 1.65 bits per heavy atom. The molecule has 170 valence electrons. The van der Waals surface area contributed by atoms with Crippen LogP contribution in [0.1, 0.15) is 30.7 Å². The lowest BCUT2D eigenvalue weighted by atomic mass is 10.2. The van der Waals surface area contributed by atoms with Gasteiger partial charge in [-0.15, -0.1) is 0 Å². The van der Waals surface area contributed by atoms with E-state index in [1.165, 1.54) is 24.3 Å². The van der Waals surface area contributed by atoms with Gasteiger partial charge >= 0.3 is 0 Å². The number of rotatable bonds is 10. The highest BCUT2D eigenvalue weighted by Crippen LogP contribution is 2.15. The van der Waals surface area contributed by atoms with Crippen molar-refractivity contribution in [3.63, 3.8) is 0 Å². The van der Waals surface area contributed by atoms with Crippen molar-refractivity contribution in [1.29, 1.82) is 0 Å². The fraction of sp³-hybridized carbons (Fsp3) is 0.583. The second-order valence-electron chi connectivity index (χ2n) is 8.30. The number of guanidine groups is 1. The summed E-state index contributed by atoms with van der Waals surface area (Å²) in [5.41, 5.74) is 3.66. The van der Waals surface area contributed by atoms with Gasteiger partial charge in [0.15, 0.2) is 5.96 Å². The van der Waals surface area contributed by atoms with Crippen LogP contribution in [0.15, 0.2) is 41.4 Å². The molecule has 1 aliphatic rings. The molecule has 0 saturated carbocycles. The minimum atomic E-state index is 0.893. The Bertz CT molecular complexity index is 792. The number of para-hydroxylation sites is 1. The summed E-state index contributed by atoms with van der Waals surface area (Å²) in [7, 11) is 1.84. The third kappa shape index (κ3) is 7.58. The number of nitrogens with one attached hydrogen (secondary N) is 2. The predicted molar refractivity (Wildman–Crippen MR) is 130 cm³/mol. The van der Waals surface area contributed by atoms with E-state index >= 15 is 0 Å². The Morgan fingerprint density at radius 3 is 2.29 bits per heavy atom. The van der Waals surface area contributed by atoms with Crippen LogP contribution in [-0.2, 0) is 6.54 Å². The molecule has 0 spiro atoms. The summed E-state index contributed by atoms with van der Waals surface area (Å²) >= 11 is 0. The van der Waals surface area contributed by atoms with Crippen molar-refractivity contribution in [3.05, 3.63) is 47.8 Å². The first-order chi connectivity index (χ1) is 15.2. The summed E-state index contributed by atoms with van der Waals surface area (Å²) in [6.07, 6.45) is 3.40. The Balaban J connectivity index is 1.22. The van der Waals surface area contributed by atoms with Crippen LogP contribution in [-0.4, -0.2) is 73.5 Å². The standard InChI is InChI=1S/C24H39N7/c1-21-20-22(2)31(28-21)15-9-13-27-24(25-3)26-12-7-8-14-29-16-18-30(19-17-29)23-10-5-4-6-11-23/h4-6,10-11,20H,7-9,12-19H2,1-3H3,(H2,25,26,27). The number of anilines is 1. The first kappa shape index (κ1) is 23.1. The second kappa shape index (κ2) is 12.3. The van der Waals surface area contributed by atoms with Crippen molar-refractivity contribution < 1.29 is 0 Å². The third-order valence-corrected chi connectivity index (χ3v) is 5.85. The topological polar surface area (TPSA) is 60.7 Å². The molecule has 3 rings (SSSR count). The average Bonchev–Trinajstić information content (AvgIpc) is 3.12. The molecule has 7 heteroatoms. The zero-order valence-corrected chi connectivity index (χ0v) is 19.5. The third-order valence-electron chi connectivity index (χ3n) is 5.85. The van der Waals surface area contributed by atoms with E-state index in [1.807, 2.05) is 14.0 Å². The number of aromatic nitrogens is 2. The van der Waals surface area contributed by atoms with E-state index in [4.69, 9.17) is 0 Å². The molecule has 0 aliphatic carbocycles. The van der Waals surface area contributed by atoms with Gasteiger partial charge in [-0.2, -0.15) is 5.10 Å². The van der Waals surface area contributed by atoms with Crippen LogP contribution in [0.2, 0.25) is 0 Å². The smallest absolute Gasteiger partial charge is 0.190 e. The van der Waals surface area contributed by atoms with Crippen LogP contribution in [0.5, 0.6) is 0 Å². The summed E-state index contributed by atoms with van der Waals surface area (Å²) in [5, 5.41) is 11.4. The SMILES string of the molecule is CN=C(NCCCCN1CCN(c2ccccc2)CC1)NCCCn1nc(C)cc1C. The highest BCUT2D eigenvalue weighted by Gasteiger charge is 2.16. The normalized spacial score (nSPS) is 15.3. The number of hydrogen-bond acceptors (Lipinski definition) is 4. The van der Waals surface area contributed by atoms with Gasteiger partial charge in [-0.25, -0.2) is 0 Å². The molecule has 31 heavy (non-hydrogen) atoms. The van der Waals surface area contributed by atoms with Gasteiger partial charge in [0.2, 0.25) is 0 Å². The molecule has 7 nitrogen and oxygen atoms in total. The molecule has 0 radical (unpaired) electrons. The second-order valence-corrected chi connectivity index (χ2v) is 8.30. The molecule has 2 N–H and O–H groups in total. The van der Waals surface area contributed by atoms with Crippen molar-refractivity contribution in [3.8, 4) is 0 Å². The Kier molecular flexibility index (Phi) is 9.21. The highest BCUT2D eigenvalue weighted by atomic mass is 15.3. The van der Waals surface area contributed by atoms with Crippen molar-refractivity contribution in [2.75, 3.05) is 57.8 Å². The molecular weight excluding hydrogens is 386 g/mol. The lowest BCUT2D eigenvalue weighted by molar-refractivity contribution is 0.253. The Labute approximate surface area is 187 Å². The van der Waals surface area contributed by atoms with Crippen LogP contribution in [0.4, 0.5) is 5.69 Å². The monoisotopic (exact) mass is 425 g/mol. The van der Waals surface area contributed by atoms with Crippen LogP contribution in [0, 0.1) is 13.8 Å². The number of hydrogen-bond donors (Lipinski definition) is 2. The molecule has 1 aromatic heterocycles. The van der Waals surface area contributed by atoms with Crippen LogP contribution < -0.4 is 15.5 Å². The largest absolute Gasteiger partial charge is 0.369 e. The average molecular weight is 426 g/mol. The summed E-state index contributed by atoms with van der Waals surface area (Å²) < 4.78 is 2.08. The fourth-order valence-electron chi connectivity index (χ4n) is 4.09. The maximum atomic E-state index is 4.51. The lowest BCUT2D eigenvalue weighted by Crippen LogP contribution is -2.46. The zero-order valence-electron chi connectivity index (χ0n) is 19.5. The van der Waals surface area contributed by atoms with Gasteiger partial charge in [0.25, 0.3) is 0 Å². The Morgan fingerprint density at radius 1 is 0.935 bits per heavy atom. The van der Waals surface area contributed by atoms with Crippen molar-refractivity contribution in [2.45, 2.75) is 39.7 Å². The number of nitrogens with zero attached hydrogens (tertiary/aromatic N) is 5. The van der Waals surface area contributed by atoms with Gasteiger partial charge in [0.1, 0.15) is 0 Å². The Hall–Kier alpha value is -2.54. The zero-order chi connectivity index (χ0) is 21.9. The maximum Gasteiger partial charge on any atom is 0.190 e. The van der Waals surface area contributed by atoms with E-state index in [2.05, 4.69) is 78.5 Å². The van der Waals surface area contributed by atoms with Crippen LogP contribution in [0.3, 0.4) is 0 Å². The number of unbranched alkanes of at least 4 members (excludes halogenated alkanes) is 1. The maximum absolute atomic E-state index is 4.51. The summed E-state index contributed by atoms with van der Waals surface area (Å²) in [5.74, 6) is 0.893. The van der Waals surface area contributed by atoms with Gasteiger partial charge in [-0.3, -0.25) is 14.6 Å². The summed E-state index contributed by atoms with van der Waals surface area (Å²) in [6, 6.07) is 12.9. The summed E-state index contributed by atoms with van der Waals surface area (Å²) in [4.78, 5) is 9.41. The molecule has 2 aromatic rings. The molecule has 2 heterocycles. The molecule has 0 bridgehead atoms. The number of aryl methyl sites for hydroxylation is 3. The quantitative estimate of drug-likeness (QED) is 0.348. The van der Waals surface area contributed by atoms with Crippen LogP contribution >= 0.6 is 0 Å².